The number of carbonyl (C=O) groups is 1. The number of amides is 1. The lowest BCUT2D eigenvalue weighted by Crippen LogP contribution is -2.37. The number of likely N-dealkylation sites (tertiary alicyclic amines) is 1. The highest BCUT2D eigenvalue weighted by Gasteiger charge is 2.25. The van der Waals surface area contributed by atoms with Crippen molar-refractivity contribution < 1.29 is 9.53 Å². The number of rotatable bonds is 7. The Labute approximate surface area is 170 Å². The molecular formula is C21H24Cl2N2O2. The predicted molar refractivity (Wildman–Crippen MR) is 110 cm³/mol. The molecule has 6 heteroatoms. The Morgan fingerprint density at radius 1 is 1.19 bits per heavy atom. The first-order chi connectivity index (χ1) is 13.1. The molecule has 1 aliphatic heterocycles. The van der Waals surface area contributed by atoms with Crippen LogP contribution in [-0.4, -0.2) is 37.6 Å². The zero-order valence-electron chi connectivity index (χ0n) is 15.4. The number of halogens is 2. The smallest absolute Gasteiger partial charge is 0.224 e. The first-order valence-corrected chi connectivity index (χ1v) is 9.91. The molecule has 0 aliphatic carbocycles. The van der Waals surface area contributed by atoms with E-state index in [1.165, 1.54) is 12.8 Å². The van der Waals surface area contributed by atoms with Crippen molar-refractivity contribution in [2.24, 2.45) is 0 Å². The molecule has 3 rings (SSSR count). The summed E-state index contributed by atoms with van der Waals surface area (Å²) in [6, 6.07) is 13.2. The van der Waals surface area contributed by atoms with E-state index in [1.54, 1.807) is 25.3 Å². The Morgan fingerprint density at radius 2 is 1.93 bits per heavy atom. The fraction of sp³-hybridized carbons (Fsp3) is 0.381. The maximum Gasteiger partial charge on any atom is 0.224 e. The second-order valence-corrected chi connectivity index (χ2v) is 7.56. The van der Waals surface area contributed by atoms with Crippen LogP contribution in [0.2, 0.25) is 10.0 Å². The highest BCUT2D eigenvalue weighted by Crippen LogP contribution is 2.30. The number of ether oxygens (including phenoxy) is 1. The summed E-state index contributed by atoms with van der Waals surface area (Å²) in [4.78, 5) is 15.0. The summed E-state index contributed by atoms with van der Waals surface area (Å²) in [5.41, 5.74) is 1.83. The van der Waals surface area contributed by atoms with Gasteiger partial charge in [-0.15, -0.1) is 0 Å². The van der Waals surface area contributed by atoms with E-state index in [1.807, 2.05) is 24.3 Å². The van der Waals surface area contributed by atoms with Crippen LogP contribution in [0.15, 0.2) is 42.5 Å². The van der Waals surface area contributed by atoms with Crippen LogP contribution in [-0.2, 0) is 11.2 Å². The van der Waals surface area contributed by atoms with Gasteiger partial charge in [-0.2, -0.15) is 0 Å². The number of benzene rings is 2. The van der Waals surface area contributed by atoms with Crippen molar-refractivity contribution in [2.45, 2.75) is 25.3 Å². The number of hydrogen-bond donors (Lipinski definition) is 1. The molecule has 0 saturated carbocycles. The van der Waals surface area contributed by atoms with E-state index in [2.05, 4.69) is 10.2 Å². The fourth-order valence-corrected chi connectivity index (χ4v) is 4.02. The van der Waals surface area contributed by atoms with Crippen molar-refractivity contribution in [1.82, 2.24) is 10.2 Å². The van der Waals surface area contributed by atoms with Gasteiger partial charge in [-0.3, -0.25) is 9.69 Å². The quantitative estimate of drug-likeness (QED) is 0.735. The topological polar surface area (TPSA) is 41.6 Å². The Morgan fingerprint density at radius 3 is 2.63 bits per heavy atom. The molecule has 1 atom stereocenters. The molecular weight excluding hydrogens is 383 g/mol. The molecule has 0 radical (unpaired) electrons. The van der Waals surface area contributed by atoms with Gasteiger partial charge in [-0.25, -0.2) is 0 Å². The number of hydrogen-bond acceptors (Lipinski definition) is 3. The molecule has 0 bridgehead atoms. The van der Waals surface area contributed by atoms with Crippen LogP contribution in [0.1, 0.15) is 30.0 Å². The maximum atomic E-state index is 12.6. The normalized spacial score (nSPS) is 15.5. The van der Waals surface area contributed by atoms with E-state index in [0.29, 0.717) is 17.3 Å². The number of carbonyl (C=O) groups excluding carboxylic acids is 1. The highest BCUT2D eigenvalue weighted by molar-refractivity contribution is 6.31. The van der Waals surface area contributed by atoms with E-state index >= 15 is 0 Å². The molecule has 0 aromatic heterocycles. The van der Waals surface area contributed by atoms with Crippen molar-refractivity contribution in [2.75, 3.05) is 26.7 Å². The van der Waals surface area contributed by atoms with Crippen molar-refractivity contribution in [3.8, 4) is 5.75 Å². The second-order valence-electron chi connectivity index (χ2n) is 6.72. The van der Waals surface area contributed by atoms with Crippen LogP contribution in [0.3, 0.4) is 0 Å². The van der Waals surface area contributed by atoms with Gasteiger partial charge < -0.3 is 10.1 Å². The third kappa shape index (κ3) is 5.16. The monoisotopic (exact) mass is 406 g/mol. The van der Waals surface area contributed by atoms with Gasteiger partial charge in [0, 0.05) is 22.2 Å². The molecule has 1 amide bonds. The van der Waals surface area contributed by atoms with Crippen molar-refractivity contribution in [3.05, 3.63) is 63.6 Å². The van der Waals surface area contributed by atoms with Crippen LogP contribution in [0.25, 0.3) is 0 Å². The second kappa shape index (κ2) is 9.45. The third-order valence-electron chi connectivity index (χ3n) is 4.93. The minimum Gasteiger partial charge on any atom is -0.496 e. The van der Waals surface area contributed by atoms with Crippen molar-refractivity contribution >= 4 is 29.1 Å². The molecule has 1 heterocycles. The van der Waals surface area contributed by atoms with Crippen LogP contribution in [0.4, 0.5) is 0 Å². The molecule has 1 N–H and O–H groups in total. The van der Waals surface area contributed by atoms with Gasteiger partial charge in [0.1, 0.15) is 5.75 Å². The van der Waals surface area contributed by atoms with Gasteiger partial charge in [0.15, 0.2) is 0 Å². The van der Waals surface area contributed by atoms with E-state index < -0.39 is 0 Å². The Kier molecular flexibility index (Phi) is 7.00. The van der Waals surface area contributed by atoms with Crippen LogP contribution in [0, 0.1) is 0 Å². The average Bonchev–Trinajstić information content (AvgIpc) is 3.18. The summed E-state index contributed by atoms with van der Waals surface area (Å²) in [6.07, 6.45) is 2.57. The fourth-order valence-electron chi connectivity index (χ4n) is 3.57. The molecule has 4 nitrogen and oxygen atoms in total. The summed E-state index contributed by atoms with van der Waals surface area (Å²) < 4.78 is 5.33. The minimum absolute atomic E-state index is 0.0631. The molecule has 1 aliphatic rings. The van der Waals surface area contributed by atoms with Gasteiger partial charge >= 0.3 is 0 Å². The summed E-state index contributed by atoms with van der Waals surface area (Å²) in [5.74, 6) is 0.601. The average molecular weight is 407 g/mol. The zero-order valence-corrected chi connectivity index (χ0v) is 16.9. The summed E-state index contributed by atoms with van der Waals surface area (Å²) >= 11 is 12.5. The molecule has 144 valence electrons. The summed E-state index contributed by atoms with van der Waals surface area (Å²) in [5, 5.41) is 4.39. The van der Waals surface area contributed by atoms with Crippen LogP contribution >= 0.6 is 23.2 Å². The lowest BCUT2D eigenvalue weighted by Gasteiger charge is -2.29. The molecule has 1 fully saturated rings. The molecule has 0 spiro atoms. The third-order valence-corrected chi connectivity index (χ3v) is 5.51. The first-order valence-electron chi connectivity index (χ1n) is 9.16. The van der Waals surface area contributed by atoms with Gasteiger partial charge in [0.2, 0.25) is 5.91 Å². The largest absolute Gasteiger partial charge is 0.496 e. The number of nitrogens with one attached hydrogen (secondary N) is 1. The first kappa shape index (κ1) is 20.0. The van der Waals surface area contributed by atoms with Gasteiger partial charge in [0.05, 0.1) is 19.6 Å². The SMILES string of the molecule is COc1ccc(Cl)cc1CC(=O)NCC(c1ccccc1Cl)N1CCCC1. The minimum atomic E-state index is -0.0631. The number of methoxy groups -OCH3 is 1. The van der Waals surface area contributed by atoms with Crippen LogP contribution < -0.4 is 10.1 Å². The van der Waals surface area contributed by atoms with E-state index in [4.69, 9.17) is 27.9 Å². The highest BCUT2D eigenvalue weighted by atomic mass is 35.5. The molecule has 1 unspecified atom stereocenters. The number of nitrogens with zero attached hydrogens (tertiary/aromatic N) is 1. The van der Waals surface area contributed by atoms with Gasteiger partial charge in [-0.05, 0) is 55.8 Å². The summed E-state index contributed by atoms with van der Waals surface area (Å²) in [6.45, 7) is 2.56. The Balaban J connectivity index is 1.69. The molecule has 1 saturated heterocycles. The molecule has 27 heavy (non-hydrogen) atoms. The standard InChI is InChI=1S/C21H24Cl2N2O2/c1-27-20-9-8-16(22)12-15(20)13-21(26)24-14-19(25-10-4-5-11-25)17-6-2-3-7-18(17)23/h2-3,6-9,12,19H,4-5,10-11,13-14H2,1H3,(H,24,26). The Bertz CT molecular complexity index is 792. The maximum absolute atomic E-state index is 12.6. The lowest BCUT2D eigenvalue weighted by atomic mass is 10.0. The van der Waals surface area contributed by atoms with Crippen LogP contribution in [0.5, 0.6) is 5.75 Å². The summed E-state index contributed by atoms with van der Waals surface area (Å²) in [7, 11) is 1.59. The Hall–Kier alpha value is -1.75. The molecule has 2 aromatic carbocycles. The van der Waals surface area contributed by atoms with Gasteiger partial charge in [0.25, 0.3) is 0 Å². The van der Waals surface area contributed by atoms with Gasteiger partial charge in [-0.1, -0.05) is 41.4 Å². The van der Waals surface area contributed by atoms with E-state index in [9.17, 15) is 4.79 Å². The lowest BCUT2D eigenvalue weighted by molar-refractivity contribution is -0.120. The molecule has 2 aromatic rings. The van der Waals surface area contributed by atoms with E-state index in [0.717, 1.165) is 29.2 Å². The van der Waals surface area contributed by atoms with E-state index in [-0.39, 0.29) is 18.4 Å². The van der Waals surface area contributed by atoms with Crippen molar-refractivity contribution in [3.63, 3.8) is 0 Å². The predicted octanol–water partition coefficient (Wildman–Crippen LogP) is 4.50. The zero-order chi connectivity index (χ0) is 19.2. The van der Waals surface area contributed by atoms with Crippen molar-refractivity contribution in [1.29, 1.82) is 0 Å².